The molecule has 2 atom stereocenters. The van der Waals surface area contributed by atoms with Crippen LogP contribution in [0.3, 0.4) is 0 Å². The Balaban J connectivity index is 1.72. The van der Waals surface area contributed by atoms with Gasteiger partial charge in [0.2, 0.25) is 5.91 Å². The summed E-state index contributed by atoms with van der Waals surface area (Å²) in [5.41, 5.74) is 0.999. The molecule has 0 spiro atoms. The number of rotatable bonds is 3. The second-order valence-electron chi connectivity index (χ2n) is 6.42. The molecular formula is C14H19F3N4O3S. The van der Waals surface area contributed by atoms with Gasteiger partial charge in [-0.15, -0.1) is 0 Å². The Bertz CT molecular complexity index is 656. The van der Waals surface area contributed by atoms with Gasteiger partial charge in [-0.2, -0.15) is 13.2 Å². The van der Waals surface area contributed by atoms with Crippen LogP contribution in [0, 0.1) is 18.8 Å². The van der Waals surface area contributed by atoms with Gasteiger partial charge in [-0.1, -0.05) is 10.3 Å². The summed E-state index contributed by atoms with van der Waals surface area (Å²) in [5, 5.41) is 7.32. The van der Waals surface area contributed by atoms with Gasteiger partial charge in [0.1, 0.15) is 11.4 Å². The molecule has 0 saturated carbocycles. The first-order chi connectivity index (χ1) is 11.8. The molecule has 1 aromatic rings. The minimum atomic E-state index is -4.45. The van der Waals surface area contributed by atoms with Crippen molar-refractivity contribution in [3.8, 4) is 0 Å². The van der Waals surface area contributed by atoms with E-state index in [2.05, 4.69) is 14.9 Å². The zero-order valence-corrected chi connectivity index (χ0v) is 14.5. The second-order valence-corrected chi connectivity index (χ2v) is 8.11. The van der Waals surface area contributed by atoms with E-state index in [9.17, 15) is 22.2 Å². The van der Waals surface area contributed by atoms with Crippen molar-refractivity contribution in [3.63, 3.8) is 0 Å². The van der Waals surface area contributed by atoms with Gasteiger partial charge in [0.05, 0.1) is 11.8 Å². The van der Waals surface area contributed by atoms with Crippen molar-refractivity contribution in [2.24, 2.45) is 11.8 Å². The molecule has 0 unspecified atom stereocenters. The summed E-state index contributed by atoms with van der Waals surface area (Å²) < 4.78 is 56.3. The first-order valence-corrected chi connectivity index (χ1v) is 9.45. The molecule has 2 saturated heterocycles. The summed E-state index contributed by atoms with van der Waals surface area (Å²) in [4.78, 5) is 15.6. The van der Waals surface area contributed by atoms with Crippen LogP contribution >= 0.6 is 0 Å². The van der Waals surface area contributed by atoms with Crippen LogP contribution in [0.5, 0.6) is 0 Å². The average Bonchev–Trinajstić information content (AvgIpc) is 3.14. The van der Waals surface area contributed by atoms with Gasteiger partial charge in [-0.05, 0) is 6.92 Å². The van der Waals surface area contributed by atoms with Gasteiger partial charge in [0, 0.05) is 55.0 Å². The lowest BCUT2D eigenvalue weighted by Gasteiger charge is -2.31. The first kappa shape index (κ1) is 18.3. The molecule has 2 aliphatic rings. The fourth-order valence-electron chi connectivity index (χ4n) is 3.29. The average molecular weight is 380 g/mol. The molecule has 0 radical (unpaired) electrons. The SMILES string of the molecule is Cc1nonc1CN1C[C@H](C(=O)N2CCS(=O)CC2)[C@@H](C(F)(F)F)C1. The van der Waals surface area contributed by atoms with Crippen LogP contribution in [0.2, 0.25) is 0 Å². The van der Waals surface area contributed by atoms with E-state index in [1.807, 2.05) is 0 Å². The summed E-state index contributed by atoms with van der Waals surface area (Å²) in [6.45, 7) is 2.08. The third-order valence-electron chi connectivity index (χ3n) is 4.74. The van der Waals surface area contributed by atoms with Crippen LogP contribution in [0.1, 0.15) is 11.4 Å². The predicted molar refractivity (Wildman–Crippen MR) is 81.8 cm³/mol. The Morgan fingerprint density at radius 2 is 1.96 bits per heavy atom. The quantitative estimate of drug-likeness (QED) is 0.763. The molecule has 1 amide bonds. The number of hydrogen-bond donors (Lipinski definition) is 0. The number of likely N-dealkylation sites (tertiary alicyclic amines) is 1. The minimum Gasteiger partial charge on any atom is -0.341 e. The van der Waals surface area contributed by atoms with Gasteiger partial charge < -0.3 is 4.90 Å². The number of carbonyl (C=O) groups is 1. The topological polar surface area (TPSA) is 79.5 Å². The molecule has 0 aliphatic carbocycles. The highest BCUT2D eigenvalue weighted by Gasteiger charge is 2.53. The number of carbonyl (C=O) groups excluding carboxylic acids is 1. The first-order valence-electron chi connectivity index (χ1n) is 7.96. The molecule has 25 heavy (non-hydrogen) atoms. The number of alkyl halides is 3. The number of nitrogens with zero attached hydrogens (tertiary/aromatic N) is 4. The number of halogens is 3. The van der Waals surface area contributed by atoms with Gasteiger partial charge in [0.25, 0.3) is 0 Å². The van der Waals surface area contributed by atoms with E-state index in [1.165, 1.54) is 4.90 Å². The zero-order valence-electron chi connectivity index (χ0n) is 13.7. The highest BCUT2D eigenvalue weighted by molar-refractivity contribution is 7.85. The van der Waals surface area contributed by atoms with Crippen molar-refractivity contribution in [1.29, 1.82) is 0 Å². The van der Waals surface area contributed by atoms with Gasteiger partial charge >= 0.3 is 6.18 Å². The lowest BCUT2D eigenvalue weighted by Crippen LogP contribution is -2.47. The molecule has 1 aromatic heterocycles. The van der Waals surface area contributed by atoms with Crippen LogP contribution in [0.15, 0.2) is 4.63 Å². The maximum Gasteiger partial charge on any atom is 0.393 e. The summed E-state index contributed by atoms with van der Waals surface area (Å²) in [6, 6.07) is 0. The molecule has 0 N–H and O–H groups in total. The smallest absolute Gasteiger partial charge is 0.341 e. The summed E-state index contributed by atoms with van der Waals surface area (Å²) in [7, 11) is -0.989. The van der Waals surface area contributed by atoms with Crippen molar-refractivity contribution in [2.45, 2.75) is 19.6 Å². The fourth-order valence-corrected chi connectivity index (χ4v) is 4.35. The summed E-state index contributed by atoms with van der Waals surface area (Å²) >= 11 is 0. The third kappa shape index (κ3) is 4.02. The van der Waals surface area contributed by atoms with Crippen molar-refractivity contribution in [2.75, 3.05) is 37.7 Å². The normalized spacial score (nSPS) is 26.3. The van der Waals surface area contributed by atoms with Crippen molar-refractivity contribution in [3.05, 3.63) is 11.4 Å². The van der Waals surface area contributed by atoms with Crippen LogP contribution in [0.4, 0.5) is 13.2 Å². The fraction of sp³-hybridized carbons (Fsp3) is 0.786. The third-order valence-corrected chi connectivity index (χ3v) is 6.02. The lowest BCUT2D eigenvalue weighted by molar-refractivity contribution is -0.186. The van der Waals surface area contributed by atoms with E-state index in [0.717, 1.165) is 0 Å². The van der Waals surface area contributed by atoms with Crippen molar-refractivity contribution in [1.82, 2.24) is 20.1 Å². The van der Waals surface area contributed by atoms with Crippen LogP contribution in [-0.4, -0.2) is 74.1 Å². The van der Waals surface area contributed by atoms with Crippen LogP contribution in [-0.2, 0) is 22.1 Å². The number of aromatic nitrogens is 2. The van der Waals surface area contributed by atoms with E-state index in [0.29, 0.717) is 22.9 Å². The maximum absolute atomic E-state index is 13.4. The van der Waals surface area contributed by atoms with Gasteiger partial charge in [0.15, 0.2) is 0 Å². The molecule has 11 heteroatoms. The Hall–Kier alpha value is -1.49. The van der Waals surface area contributed by atoms with Crippen molar-refractivity contribution >= 4 is 16.7 Å². The molecule has 7 nitrogen and oxygen atoms in total. The molecule has 3 heterocycles. The van der Waals surface area contributed by atoms with E-state index in [4.69, 9.17) is 0 Å². The second kappa shape index (κ2) is 7.02. The monoisotopic (exact) mass is 380 g/mol. The molecular weight excluding hydrogens is 361 g/mol. The highest BCUT2D eigenvalue weighted by atomic mass is 32.2. The largest absolute Gasteiger partial charge is 0.393 e. The molecule has 0 bridgehead atoms. The van der Waals surface area contributed by atoms with Crippen LogP contribution < -0.4 is 0 Å². The number of hydrogen-bond acceptors (Lipinski definition) is 6. The molecule has 2 fully saturated rings. The van der Waals surface area contributed by atoms with E-state index < -0.39 is 34.7 Å². The number of aryl methyl sites for hydroxylation is 1. The standard InChI is InChI=1S/C14H19F3N4O3S/c1-9-12(19-24-18-9)8-20-6-10(11(7-20)14(15,16)17)13(22)21-2-4-25(23)5-3-21/h10-11H,2-8H2,1H3/t10-,11-/m0/s1. The molecule has 0 aromatic carbocycles. The van der Waals surface area contributed by atoms with E-state index in [-0.39, 0.29) is 32.7 Å². The molecule has 2 aliphatic heterocycles. The zero-order chi connectivity index (χ0) is 18.2. The molecule has 3 rings (SSSR count). The number of amides is 1. The Morgan fingerprint density at radius 1 is 1.28 bits per heavy atom. The summed E-state index contributed by atoms with van der Waals surface area (Å²) in [5.74, 6) is -2.72. The Kier molecular flexibility index (Phi) is 5.14. The van der Waals surface area contributed by atoms with Crippen molar-refractivity contribution < 1.29 is 26.8 Å². The predicted octanol–water partition coefficient (Wildman–Crippen LogP) is 0.579. The van der Waals surface area contributed by atoms with Crippen LogP contribution in [0.25, 0.3) is 0 Å². The van der Waals surface area contributed by atoms with Gasteiger partial charge in [-0.3, -0.25) is 13.9 Å². The minimum absolute atomic E-state index is 0.00883. The van der Waals surface area contributed by atoms with Gasteiger partial charge in [-0.25, -0.2) is 4.63 Å². The van der Waals surface area contributed by atoms with E-state index >= 15 is 0 Å². The highest BCUT2D eigenvalue weighted by Crippen LogP contribution is 2.39. The maximum atomic E-state index is 13.4. The lowest BCUT2D eigenvalue weighted by atomic mass is 9.94. The Labute approximate surface area is 144 Å². The summed E-state index contributed by atoms with van der Waals surface area (Å²) in [6.07, 6.45) is -4.45. The molecule has 140 valence electrons. The van der Waals surface area contributed by atoms with E-state index in [1.54, 1.807) is 11.8 Å². The Morgan fingerprint density at radius 3 is 2.52 bits per heavy atom.